The summed E-state index contributed by atoms with van der Waals surface area (Å²) in [5.74, 6) is 0.599. The van der Waals surface area contributed by atoms with E-state index in [0.717, 1.165) is 23.4 Å². The molecule has 1 amide bonds. The van der Waals surface area contributed by atoms with Gasteiger partial charge >= 0.3 is 0 Å². The van der Waals surface area contributed by atoms with Crippen molar-refractivity contribution in [2.24, 2.45) is 10.9 Å². The number of benzene rings is 1. The van der Waals surface area contributed by atoms with Crippen LogP contribution in [-0.4, -0.2) is 30.1 Å². The molecule has 2 rings (SSSR count). The van der Waals surface area contributed by atoms with Crippen molar-refractivity contribution in [3.63, 3.8) is 0 Å². The molecule has 1 atom stereocenters. The molecule has 0 saturated carbocycles. The van der Waals surface area contributed by atoms with Crippen LogP contribution in [0.2, 0.25) is 0 Å². The molecule has 0 spiro atoms. The summed E-state index contributed by atoms with van der Waals surface area (Å²) in [5.41, 5.74) is 1.74. The molecular weight excluding hydrogens is 372 g/mol. The van der Waals surface area contributed by atoms with Crippen LogP contribution in [0, 0.1) is 5.92 Å². The highest BCUT2D eigenvalue weighted by Gasteiger charge is 2.23. The summed E-state index contributed by atoms with van der Waals surface area (Å²) in [4.78, 5) is 16.3. The summed E-state index contributed by atoms with van der Waals surface area (Å²) in [6, 6.07) is 9.59. The standard InChI is InChI=1S/C21H30N4O2S/c1-5-22-20(24-14-21(4,27)17-10-11-28-13-17)23-12-16-6-8-18(9-7-16)25-19(26)15(2)3/h6-11,13,15,27H,5,12,14H2,1-4H3,(H,25,26)(H2,22,23,24). The Bertz CT molecular complexity index is 768. The van der Waals surface area contributed by atoms with Crippen molar-refractivity contribution in [3.05, 3.63) is 52.2 Å². The lowest BCUT2D eigenvalue weighted by atomic mass is 9.99. The van der Waals surface area contributed by atoms with Crippen molar-refractivity contribution < 1.29 is 9.90 Å². The number of hydrogen-bond donors (Lipinski definition) is 4. The number of aliphatic imine (C=N–C) groups is 1. The van der Waals surface area contributed by atoms with E-state index in [9.17, 15) is 9.90 Å². The number of thiophene rings is 1. The zero-order valence-electron chi connectivity index (χ0n) is 17.0. The largest absolute Gasteiger partial charge is 0.384 e. The van der Waals surface area contributed by atoms with Crippen LogP contribution in [0.4, 0.5) is 5.69 Å². The number of hydrogen-bond acceptors (Lipinski definition) is 4. The molecule has 0 saturated heterocycles. The number of guanidine groups is 1. The third-order valence-electron chi connectivity index (χ3n) is 4.25. The van der Waals surface area contributed by atoms with E-state index in [0.29, 0.717) is 19.0 Å². The van der Waals surface area contributed by atoms with E-state index in [4.69, 9.17) is 0 Å². The van der Waals surface area contributed by atoms with Crippen LogP contribution in [0.5, 0.6) is 0 Å². The lowest BCUT2D eigenvalue weighted by Crippen LogP contribution is -2.44. The van der Waals surface area contributed by atoms with E-state index in [1.807, 2.05) is 61.9 Å². The van der Waals surface area contributed by atoms with Gasteiger partial charge in [0.1, 0.15) is 5.60 Å². The van der Waals surface area contributed by atoms with Gasteiger partial charge in [0.2, 0.25) is 5.91 Å². The van der Waals surface area contributed by atoms with E-state index in [1.165, 1.54) is 0 Å². The highest BCUT2D eigenvalue weighted by atomic mass is 32.1. The Labute approximate surface area is 171 Å². The zero-order valence-corrected chi connectivity index (χ0v) is 17.8. The Morgan fingerprint density at radius 2 is 1.93 bits per heavy atom. The smallest absolute Gasteiger partial charge is 0.226 e. The number of nitrogens with zero attached hydrogens (tertiary/aromatic N) is 1. The summed E-state index contributed by atoms with van der Waals surface area (Å²) in [6.07, 6.45) is 0. The molecular formula is C21H30N4O2S. The van der Waals surface area contributed by atoms with Crippen molar-refractivity contribution in [3.8, 4) is 0 Å². The minimum atomic E-state index is -0.966. The molecule has 1 aromatic carbocycles. The van der Waals surface area contributed by atoms with E-state index >= 15 is 0 Å². The first kappa shape index (κ1) is 21.9. The van der Waals surface area contributed by atoms with Gasteiger partial charge in [-0.05, 0) is 53.9 Å². The number of amides is 1. The third kappa shape index (κ3) is 6.65. The monoisotopic (exact) mass is 402 g/mol. The van der Waals surface area contributed by atoms with Crippen molar-refractivity contribution >= 4 is 28.9 Å². The average Bonchev–Trinajstić information content (AvgIpc) is 3.21. The molecule has 0 aliphatic heterocycles. The van der Waals surface area contributed by atoms with Gasteiger partial charge in [0.15, 0.2) is 5.96 Å². The van der Waals surface area contributed by atoms with Gasteiger partial charge in [0.05, 0.1) is 13.1 Å². The molecule has 0 fully saturated rings. The number of carbonyl (C=O) groups excluding carboxylic acids is 1. The quantitative estimate of drug-likeness (QED) is 0.403. The van der Waals surface area contributed by atoms with E-state index < -0.39 is 5.60 Å². The summed E-state index contributed by atoms with van der Waals surface area (Å²) >= 11 is 1.56. The molecule has 0 aliphatic rings. The molecule has 6 nitrogen and oxygen atoms in total. The number of carbonyl (C=O) groups is 1. The van der Waals surface area contributed by atoms with Gasteiger partial charge in [-0.2, -0.15) is 11.3 Å². The summed E-state index contributed by atoms with van der Waals surface area (Å²) < 4.78 is 0. The highest BCUT2D eigenvalue weighted by Crippen LogP contribution is 2.22. The van der Waals surface area contributed by atoms with Gasteiger partial charge in [-0.3, -0.25) is 4.79 Å². The molecule has 7 heteroatoms. The SMILES string of the molecule is CCNC(=NCc1ccc(NC(=O)C(C)C)cc1)NCC(C)(O)c1ccsc1. The minimum Gasteiger partial charge on any atom is -0.384 e. The number of nitrogens with one attached hydrogen (secondary N) is 3. The maximum absolute atomic E-state index is 11.8. The van der Waals surface area contributed by atoms with Gasteiger partial charge in [0, 0.05) is 18.2 Å². The Kier molecular flexibility index (Phi) is 8.02. The molecule has 0 radical (unpaired) electrons. The fourth-order valence-electron chi connectivity index (χ4n) is 2.42. The first-order valence-electron chi connectivity index (χ1n) is 9.49. The number of rotatable bonds is 8. The van der Waals surface area contributed by atoms with Gasteiger partial charge < -0.3 is 21.1 Å². The normalized spacial score (nSPS) is 13.9. The van der Waals surface area contributed by atoms with Crippen LogP contribution >= 0.6 is 11.3 Å². The fraction of sp³-hybridized carbons (Fsp3) is 0.429. The van der Waals surface area contributed by atoms with E-state index in [-0.39, 0.29) is 11.8 Å². The molecule has 0 aliphatic carbocycles. The van der Waals surface area contributed by atoms with E-state index in [2.05, 4.69) is 20.9 Å². The van der Waals surface area contributed by atoms with Gasteiger partial charge in [-0.15, -0.1) is 0 Å². The maximum Gasteiger partial charge on any atom is 0.226 e. The Morgan fingerprint density at radius 1 is 1.21 bits per heavy atom. The Balaban J connectivity index is 1.95. The van der Waals surface area contributed by atoms with Crippen LogP contribution in [-0.2, 0) is 16.9 Å². The molecule has 1 aromatic heterocycles. The first-order valence-corrected chi connectivity index (χ1v) is 10.4. The summed E-state index contributed by atoms with van der Waals surface area (Å²) in [7, 11) is 0. The minimum absolute atomic E-state index is 0.00192. The maximum atomic E-state index is 11.8. The van der Waals surface area contributed by atoms with Crippen molar-refractivity contribution in [2.75, 3.05) is 18.4 Å². The van der Waals surface area contributed by atoms with Crippen molar-refractivity contribution in [1.82, 2.24) is 10.6 Å². The summed E-state index contributed by atoms with van der Waals surface area (Å²) in [5, 5.41) is 23.8. The Morgan fingerprint density at radius 3 is 2.50 bits per heavy atom. The predicted octanol–water partition coefficient (Wildman–Crippen LogP) is 3.31. The molecule has 152 valence electrons. The second-order valence-corrected chi connectivity index (χ2v) is 7.96. The second kappa shape index (κ2) is 10.2. The van der Waals surface area contributed by atoms with Crippen LogP contribution in [0.25, 0.3) is 0 Å². The predicted molar refractivity (Wildman–Crippen MR) is 117 cm³/mol. The average molecular weight is 403 g/mol. The molecule has 4 N–H and O–H groups in total. The lowest BCUT2D eigenvalue weighted by Gasteiger charge is -2.24. The lowest BCUT2D eigenvalue weighted by molar-refractivity contribution is -0.118. The van der Waals surface area contributed by atoms with Crippen molar-refractivity contribution in [2.45, 2.75) is 39.8 Å². The second-order valence-electron chi connectivity index (χ2n) is 7.18. The Hall–Kier alpha value is -2.38. The third-order valence-corrected chi connectivity index (χ3v) is 4.94. The highest BCUT2D eigenvalue weighted by molar-refractivity contribution is 7.08. The van der Waals surface area contributed by atoms with Gasteiger partial charge in [0.25, 0.3) is 0 Å². The molecule has 28 heavy (non-hydrogen) atoms. The van der Waals surface area contributed by atoms with E-state index in [1.54, 1.807) is 18.3 Å². The number of anilines is 1. The summed E-state index contributed by atoms with van der Waals surface area (Å²) in [6.45, 7) is 9.10. The number of aliphatic hydroxyl groups is 1. The van der Waals surface area contributed by atoms with Gasteiger partial charge in [-0.25, -0.2) is 4.99 Å². The van der Waals surface area contributed by atoms with Gasteiger partial charge in [-0.1, -0.05) is 26.0 Å². The molecule has 1 heterocycles. The molecule has 2 aromatic rings. The topological polar surface area (TPSA) is 85.8 Å². The van der Waals surface area contributed by atoms with Crippen LogP contribution < -0.4 is 16.0 Å². The van der Waals surface area contributed by atoms with Crippen molar-refractivity contribution in [1.29, 1.82) is 0 Å². The fourth-order valence-corrected chi connectivity index (χ4v) is 3.20. The van der Waals surface area contributed by atoms with Crippen LogP contribution in [0.15, 0.2) is 46.1 Å². The van der Waals surface area contributed by atoms with Crippen LogP contribution in [0.3, 0.4) is 0 Å². The first-order chi connectivity index (χ1) is 13.3. The molecule has 0 bridgehead atoms. The zero-order chi connectivity index (χ0) is 20.6. The van der Waals surface area contributed by atoms with Crippen LogP contribution in [0.1, 0.15) is 38.8 Å². The molecule has 1 unspecified atom stereocenters.